The van der Waals surface area contributed by atoms with E-state index in [1.54, 1.807) is 16.8 Å². The van der Waals surface area contributed by atoms with Gasteiger partial charge in [0, 0.05) is 29.6 Å². The summed E-state index contributed by atoms with van der Waals surface area (Å²) in [7, 11) is 0. The monoisotopic (exact) mass is 344 g/mol. The number of aromatic nitrogens is 3. The van der Waals surface area contributed by atoms with Crippen molar-refractivity contribution < 1.29 is 4.79 Å². The number of pyridine rings is 2. The zero-order chi connectivity index (χ0) is 14.8. The Kier molecular flexibility index (Phi) is 3.70. The largest absolute Gasteiger partial charge is 0.347 e. The van der Waals surface area contributed by atoms with Gasteiger partial charge in [0.2, 0.25) is 0 Å². The maximum absolute atomic E-state index is 12.4. The van der Waals surface area contributed by atoms with E-state index >= 15 is 0 Å². The zero-order valence-electron chi connectivity index (χ0n) is 11.4. The second-order valence-electron chi connectivity index (χ2n) is 4.67. The van der Waals surface area contributed by atoms with E-state index in [2.05, 4.69) is 31.2 Å². The number of nitrogens with zero attached hydrogens (tertiary/aromatic N) is 3. The molecule has 1 amide bonds. The summed E-state index contributed by atoms with van der Waals surface area (Å²) in [5, 5.41) is 2.90. The van der Waals surface area contributed by atoms with Gasteiger partial charge in [-0.25, -0.2) is 4.98 Å². The Labute approximate surface area is 130 Å². The highest BCUT2D eigenvalue weighted by Gasteiger charge is 2.16. The third kappa shape index (κ3) is 2.80. The first kappa shape index (κ1) is 13.8. The van der Waals surface area contributed by atoms with Crippen molar-refractivity contribution in [1.29, 1.82) is 0 Å². The molecule has 21 heavy (non-hydrogen) atoms. The molecule has 0 aliphatic heterocycles. The van der Waals surface area contributed by atoms with Gasteiger partial charge in [0.1, 0.15) is 11.3 Å². The Bertz CT molecular complexity index is 798. The maximum Gasteiger partial charge on any atom is 0.270 e. The highest BCUT2D eigenvalue weighted by Crippen LogP contribution is 2.16. The molecule has 3 rings (SSSR count). The predicted octanol–water partition coefficient (Wildman–Crippen LogP) is 2.73. The van der Waals surface area contributed by atoms with Gasteiger partial charge in [-0.1, -0.05) is 6.07 Å². The van der Waals surface area contributed by atoms with Crippen LogP contribution in [0.2, 0.25) is 0 Å². The molecule has 5 nitrogen and oxygen atoms in total. The molecule has 0 fully saturated rings. The molecule has 0 saturated carbocycles. The molecule has 0 saturated heterocycles. The van der Waals surface area contributed by atoms with Crippen LogP contribution in [0.3, 0.4) is 0 Å². The number of rotatable bonds is 3. The molecule has 0 unspecified atom stereocenters. The SMILES string of the molecule is Cc1nc2ccc(Br)cn2c1C(=O)NCc1cccnc1. The molecule has 0 aliphatic rings. The Morgan fingerprint density at radius 1 is 1.38 bits per heavy atom. The summed E-state index contributed by atoms with van der Waals surface area (Å²) in [6, 6.07) is 7.54. The van der Waals surface area contributed by atoms with Crippen molar-refractivity contribution in [3.63, 3.8) is 0 Å². The highest BCUT2D eigenvalue weighted by atomic mass is 79.9. The molecule has 1 N–H and O–H groups in total. The summed E-state index contributed by atoms with van der Waals surface area (Å²) in [6.07, 6.45) is 5.28. The van der Waals surface area contributed by atoms with Gasteiger partial charge in [0.15, 0.2) is 0 Å². The second kappa shape index (κ2) is 5.65. The van der Waals surface area contributed by atoms with Crippen LogP contribution in [0.25, 0.3) is 5.65 Å². The average Bonchev–Trinajstić information content (AvgIpc) is 2.81. The first-order chi connectivity index (χ1) is 10.1. The molecule has 0 atom stereocenters. The van der Waals surface area contributed by atoms with E-state index in [0.717, 1.165) is 15.7 Å². The number of imidazole rings is 1. The number of carbonyl (C=O) groups excluding carboxylic acids is 1. The molecule has 0 radical (unpaired) electrons. The summed E-state index contributed by atoms with van der Waals surface area (Å²) in [4.78, 5) is 20.8. The van der Waals surface area contributed by atoms with Crippen LogP contribution >= 0.6 is 15.9 Å². The fourth-order valence-corrected chi connectivity index (χ4v) is 2.52. The van der Waals surface area contributed by atoms with Crippen molar-refractivity contribution in [1.82, 2.24) is 19.7 Å². The van der Waals surface area contributed by atoms with Crippen molar-refractivity contribution in [3.8, 4) is 0 Å². The summed E-state index contributed by atoms with van der Waals surface area (Å²) in [6.45, 7) is 2.27. The van der Waals surface area contributed by atoms with Crippen LogP contribution < -0.4 is 5.32 Å². The van der Waals surface area contributed by atoms with Gasteiger partial charge in [-0.3, -0.25) is 14.2 Å². The topological polar surface area (TPSA) is 59.3 Å². The summed E-state index contributed by atoms with van der Waals surface area (Å²) < 4.78 is 2.69. The lowest BCUT2D eigenvalue weighted by atomic mass is 10.2. The summed E-state index contributed by atoms with van der Waals surface area (Å²) >= 11 is 3.41. The molecule has 0 bridgehead atoms. The lowest BCUT2D eigenvalue weighted by molar-refractivity contribution is 0.0944. The highest BCUT2D eigenvalue weighted by molar-refractivity contribution is 9.10. The number of aryl methyl sites for hydroxylation is 1. The van der Waals surface area contributed by atoms with E-state index in [9.17, 15) is 4.79 Å². The van der Waals surface area contributed by atoms with E-state index in [1.807, 2.05) is 37.4 Å². The first-order valence-corrected chi connectivity index (χ1v) is 7.26. The van der Waals surface area contributed by atoms with Crippen LogP contribution in [-0.2, 0) is 6.54 Å². The molecule has 0 aliphatic carbocycles. The number of nitrogens with one attached hydrogen (secondary N) is 1. The zero-order valence-corrected chi connectivity index (χ0v) is 13.0. The molecule has 3 heterocycles. The Morgan fingerprint density at radius 2 is 2.24 bits per heavy atom. The number of fused-ring (bicyclic) bond motifs is 1. The number of halogens is 1. The van der Waals surface area contributed by atoms with Gasteiger partial charge >= 0.3 is 0 Å². The van der Waals surface area contributed by atoms with Crippen molar-refractivity contribution in [2.45, 2.75) is 13.5 Å². The molecule has 0 spiro atoms. The van der Waals surface area contributed by atoms with Crippen LogP contribution in [0, 0.1) is 6.92 Å². The molecule has 3 aromatic heterocycles. The van der Waals surface area contributed by atoms with E-state index in [0.29, 0.717) is 17.9 Å². The van der Waals surface area contributed by atoms with Crippen LogP contribution in [0.15, 0.2) is 47.3 Å². The van der Waals surface area contributed by atoms with E-state index < -0.39 is 0 Å². The predicted molar refractivity (Wildman–Crippen MR) is 83.0 cm³/mol. The van der Waals surface area contributed by atoms with Gasteiger partial charge in [-0.15, -0.1) is 0 Å². The minimum absolute atomic E-state index is 0.151. The first-order valence-electron chi connectivity index (χ1n) is 6.46. The normalized spacial score (nSPS) is 10.8. The Hall–Kier alpha value is -2.21. The van der Waals surface area contributed by atoms with Crippen molar-refractivity contribution >= 4 is 27.5 Å². The van der Waals surface area contributed by atoms with Crippen molar-refractivity contribution in [3.05, 3.63) is 64.3 Å². The van der Waals surface area contributed by atoms with Crippen LogP contribution in [-0.4, -0.2) is 20.3 Å². The quantitative estimate of drug-likeness (QED) is 0.794. The smallest absolute Gasteiger partial charge is 0.270 e. The minimum Gasteiger partial charge on any atom is -0.347 e. The standard InChI is InChI=1S/C15H13BrN4O/c1-10-14(20-9-12(16)4-5-13(20)19-10)15(21)18-8-11-3-2-6-17-7-11/h2-7,9H,8H2,1H3,(H,18,21). The molecule has 106 valence electrons. The van der Waals surface area contributed by atoms with Crippen molar-refractivity contribution in [2.75, 3.05) is 0 Å². The number of hydrogen-bond donors (Lipinski definition) is 1. The van der Waals surface area contributed by atoms with Crippen LogP contribution in [0.4, 0.5) is 0 Å². The second-order valence-corrected chi connectivity index (χ2v) is 5.58. The molecule has 0 aromatic carbocycles. The van der Waals surface area contributed by atoms with Gasteiger partial charge < -0.3 is 5.32 Å². The van der Waals surface area contributed by atoms with Gasteiger partial charge in [0.25, 0.3) is 5.91 Å². The van der Waals surface area contributed by atoms with E-state index in [-0.39, 0.29) is 5.91 Å². The maximum atomic E-state index is 12.4. The van der Waals surface area contributed by atoms with Crippen LogP contribution in [0.1, 0.15) is 21.7 Å². The van der Waals surface area contributed by atoms with Gasteiger partial charge in [-0.05, 0) is 46.6 Å². The third-order valence-electron chi connectivity index (χ3n) is 3.15. The van der Waals surface area contributed by atoms with Crippen molar-refractivity contribution in [2.24, 2.45) is 0 Å². The van der Waals surface area contributed by atoms with Gasteiger partial charge in [0.05, 0.1) is 5.69 Å². The average molecular weight is 345 g/mol. The summed E-state index contributed by atoms with van der Waals surface area (Å²) in [5.41, 5.74) is 2.97. The Balaban J connectivity index is 1.87. The third-order valence-corrected chi connectivity index (χ3v) is 3.62. The summed E-state index contributed by atoms with van der Waals surface area (Å²) in [5.74, 6) is -0.151. The number of hydrogen-bond acceptors (Lipinski definition) is 3. The molecule has 6 heteroatoms. The number of amides is 1. The fourth-order valence-electron chi connectivity index (χ4n) is 2.18. The molecular formula is C15H13BrN4O. The molecular weight excluding hydrogens is 332 g/mol. The van der Waals surface area contributed by atoms with Crippen LogP contribution in [0.5, 0.6) is 0 Å². The lowest BCUT2D eigenvalue weighted by Crippen LogP contribution is -2.25. The number of carbonyl (C=O) groups is 1. The Morgan fingerprint density at radius 3 is 3.00 bits per heavy atom. The molecule has 3 aromatic rings. The lowest BCUT2D eigenvalue weighted by Gasteiger charge is -2.06. The minimum atomic E-state index is -0.151. The van der Waals surface area contributed by atoms with E-state index in [1.165, 1.54) is 0 Å². The van der Waals surface area contributed by atoms with E-state index in [4.69, 9.17) is 0 Å². The van der Waals surface area contributed by atoms with Gasteiger partial charge in [-0.2, -0.15) is 0 Å². The fraction of sp³-hybridized carbons (Fsp3) is 0.133.